The number of rotatable bonds is 7. The Morgan fingerprint density at radius 2 is 1.23 bits per heavy atom. The largest absolute Gasteiger partial charge is 0.235 e. The van der Waals surface area contributed by atoms with E-state index in [1.54, 1.807) is 12.2 Å². The lowest BCUT2D eigenvalue weighted by molar-refractivity contribution is 0.562. The molecule has 0 saturated carbocycles. The minimum absolute atomic E-state index is 0.378. The number of nitrogens with zero attached hydrogens (tertiary/aromatic N) is 2. The topological polar surface area (TPSA) is 58.9 Å². The van der Waals surface area contributed by atoms with Gasteiger partial charge in [0.15, 0.2) is 0 Å². The van der Waals surface area contributed by atoms with Crippen molar-refractivity contribution in [1.29, 1.82) is 0 Å². The van der Waals surface area contributed by atoms with Crippen LogP contribution in [0.4, 0.5) is 0 Å². The minimum atomic E-state index is 0.378. The number of aliphatic imine (C=N–C) groups is 2. The van der Waals surface area contributed by atoms with Crippen LogP contribution in [-0.4, -0.2) is 12.2 Å². The summed E-state index contributed by atoms with van der Waals surface area (Å²) >= 11 is 0. The summed E-state index contributed by atoms with van der Waals surface area (Å²) in [6.45, 7) is 0.756. The Morgan fingerprint density at radius 3 is 1.91 bits per heavy atom. The third-order valence-corrected chi connectivity index (χ3v) is 3.37. The predicted molar refractivity (Wildman–Crippen MR) is 83.9 cm³/mol. The van der Waals surface area contributed by atoms with Crippen LogP contribution in [0.2, 0.25) is 0 Å². The molecular weight excluding hydrogens is 276 g/mol. The molecule has 0 bridgehead atoms. The summed E-state index contributed by atoms with van der Waals surface area (Å²) < 4.78 is 0. The zero-order chi connectivity index (χ0) is 15.6. The third kappa shape index (κ3) is 4.95. The van der Waals surface area contributed by atoms with Crippen LogP contribution in [-0.2, 0) is 35.5 Å². The highest BCUT2D eigenvalue weighted by molar-refractivity contribution is 5.35. The molecule has 0 radical (unpaired) electrons. The Morgan fingerprint density at radius 1 is 0.682 bits per heavy atom. The molecule has 0 unspecified atom stereocenters. The highest BCUT2D eigenvalue weighted by Gasteiger charge is 1.99. The van der Waals surface area contributed by atoms with Crippen LogP contribution in [0.25, 0.3) is 0 Å². The molecule has 22 heavy (non-hydrogen) atoms. The molecule has 0 atom stereocenters. The van der Waals surface area contributed by atoms with E-state index >= 15 is 0 Å². The average Bonchev–Trinajstić information content (AvgIpc) is 2.57. The number of hydrogen-bond acceptors (Lipinski definition) is 4. The van der Waals surface area contributed by atoms with Crippen LogP contribution < -0.4 is 0 Å². The molecule has 0 heterocycles. The van der Waals surface area contributed by atoms with Gasteiger partial charge in [-0.3, -0.25) is 0 Å². The monoisotopic (exact) mass is 292 g/mol. The van der Waals surface area contributed by atoms with Crippen molar-refractivity contribution in [3.63, 3.8) is 0 Å². The Labute approximate surface area is 129 Å². The van der Waals surface area contributed by atoms with Crippen molar-refractivity contribution < 1.29 is 9.59 Å². The zero-order valence-corrected chi connectivity index (χ0v) is 12.2. The Kier molecular flexibility index (Phi) is 6.01. The van der Waals surface area contributed by atoms with Gasteiger partial charge in [0.1, 0.15) is 0 Å². The lowest BCUT2D eigenvalue weighted by Gasteiger charge is -2.05. The molecule has 0 aliphatic carbocycles. The van der Waals surface area contributed by atoms with Crippen LogP contribution in [0, 0.1) is 0 Å². The van der Waals surface area contributed by atoms with Gasteiger partial charge < -0.3 is 0 Å². The third-order valence-electron chi connectivity index (χ3n) is 3.37. The van der Waals surface area contributed by atoms with E-state index in [2.05, 4.69) is 34.3 Å². The SMILES string of the molecule is O=C=NCc1ccc(CCc2cccc(CN=C=O)c2)cc1. The second-order valence-electron chi connectivity index (χ2n) is 4.95. The fraction of sp³-hybridized carbons (Fsp3) is 0.222. The van der Waals surface area contributed by atoms with Gasteiger partial charge in [0, 0.05) is 0 Å². The van der Waals surface area contributed by atoms with E-state index < -0.39 is 0 Å². The lowest BCUT2D eigenvalue weighted by atomic mass is 10.0. The maximum absolute atomic E-state index is 10.1. The number of benzene rings is 2. The molecular formula is C18H16N2O2. The standard InChI is InChI=1S/C18H16N2O2/c21-13-19-11-17-8-5-15(6-9-17)4-7-16-2-1-3-18(10-16)12-20-14-22/h1-3,5-6,8-10H,4,7,11-12H2. The summed E-state index contributed by atoms with van der Waals surface area (Å²) in [5.74, 6) is 0. The number of hydrogen-bond donors (Lipinski definition) is 0. The summed E-state index contributed by atoms with van der Waals surface area (Å²) in [6, 6.07) is 16.1. The van der Waals surface area contributed by atoms with Gasteiger partial charge in [-0.2, -0.15) is 0 Å². The first-order chi connectivity index (χ1) is 10.8. The van der Waals surface area contributed by atoms with E-state index in [1.165, 1.54) is 11.1 Å². The molecule has 0 aliphatic heterocycles. The molecule has 0 saturated heterocycles. The van der Waals surface area contributed by atoms with Crippen molar-refractivity contribution in [3.8, 4) is 0 Å². The smallest absolute Gasteiger partial charge is 0.211 e. The van der Waals surface area contributed by atoms with Gasteiger partial charge in [0.2, 0.25) is 12.2 Å². The Hall–Kier alpha value is -2.80. The summed E-state index contributed by atoms with van der Waals surface area (Å²) in [7, 11) is 0. The normalized spacial score (nSPS) is 9.64. The predicted octanol–water partition coefficient (Wildman–Crippen LogP) is 3.14. The molecule has 2 aromatic carbocycles. The van der Waals surface area contributed by atoms with Crippen molar-refractivity contribution in [2.24, 2.45) is 9.98 Å². The van der Waals surface area contributed by atoms with Crippen LogP contribution in [0.15, 0.2) is 58.5 Å². The maximum Gasteiger partial charge on any atom is 0.235 e. The van der Waals surface area contributed by atoms with E-state index in [1.807, 2.05) is 24.3 Å². The van der Waals surface area contributed by atoms with Crippen molar-refractivity contribution >= 4 is 12.2 Å². The fourth-order valence-corrected chi connectivity index (χ4v) is 2.23. The van der Waals surface area contributed by atoms with Gasteiger partial charge in [-0.05, 0) is 35.1 Å². The molecule has 4 heteroatoms. The summed E-state index contributed by atoms with van der Waals surface area (Å²) in [5, 5.41) is 0. The lowest BCUT2D eigenvalue weighted by Crippen LogP contribution is -1.93. The van der Waals surface area contributed by atoms with E-state index in [0.29, 0.717) is 13.1 Å². The second kappa shape index (κ2) is 8.48. The molecule has 2 aromatic rings. The van der Waals surface area contributed by atoms with Crippen molar-refractivity contribution in [1.82, 2.24) is 0 Å². The van der Waals surface area contributed by atoms with Gasteiger partial charge >= 0.3 is 0 Å². The summed E-state index contributed by atoms with van der Waals surface area (Å²) in [4.78, 5) is 27.4. The van der Waals surface area contributed by atoms with Crippen molar-refractivity contribution in [2.75, 3.05) is 0 Å². The maximum atomic E-state index is 10.1. The first-order valence-electron chi connectivity index (χ1n) is 7.04. The van der Waals surface area contributed by atoms with Crippen LogP contribution in [0.3, 0.4) is 0 Å². The summed E-state index contributed by atoms with van der Waals surface area (Å²) in [5.41, 5.74) is 4.46. The second-order valence-corrected chi connectivity index (χ2v) is 4.95. The van der Waals surface area contributed by atoms with Crippen LogP contribution >= 0.6 is 0 Å². The van der Waals surface area contributed by atoms with Crippen molar-refractivity contribution in [2.45, 2.75) is 25.9 Å². The Balaban J connectivity index is 1.94. The molecule has 0 aromatic heterocycles. The van der Waals surface area contributed by atoms with Crippen LogP contribution in [0.5, 0.6) is 0 Å². The van der Waals surface area contributed by atoms with Gasteiger partial charge in [-0.25, -0.2) is 19.6 Å². The van der Waals surface area contributed by atoms with E-state index in [-0.39, 0.29) is 0 Å². The molecule has 4 nitrogen and oxygen atoms in total. The fourth-order valence-electron chi connectivity index (χ4n) is 2.23. The minimum Gasteiger partial charge on any atom is -0.211 e. The highest BCUT2D eigenvalue weighted by atomic mass is 16.1. The van der Waals surface area contributed by atoms with Crippen LogP contribution in [0.1, 0.15) is 22.3 Å². The molecule has 0 N–H and O–H groups in total. The molecule has 0 amide bonds. The van der Waals surface area contributed by atoms with Gasteiger partial charge in [-0.15, -0.1) is 0 Å². The number of isocyanates is 2. The van der Waals surface area contributed by atoms with Gasteiger partial charge in [0.05, 0.1) is 13.1 Å². The molecule has 110 valence electrons. The summed E-state index contributed by atoms with van der Waals surface area (Å²) in [6.07, 6.45) is 4.95. The van der Waals surface area contributed by atoms with E-state index in [9.17, 15) is 9.59 Å². The van der Waals surface area contributed by atoms with Gasteiger partial charge in [-0.1, -0.05) is 48.5 Å². The Bertz CT molecular complexity index is 710. The first-order valence-corrected chi connectivity index (χ1v) is 7.04. The average molecular weight is 292 g/mol. The molecule has 0 aliphatic rings. The van der Waals surface area contributed by atoms with E-state index in [0.717, 1.165) is 24.0 Å². The first kappa shape index (κ1) is 15.6. The number of aryl methyl sites for hydroxylation is 2. The number of carbonyl (C=O) groups excluding carboxylic acids is 2. The zero-order valence-electron chi connectivity index (χ0n) is 12.2. The quantitative estimate of drug-likeness (QED) is 0.581. The van der Waals surface area contributed by atoms with E-state index in [4.69, 9.17) is 0 Å². The highest BCUT2D eigenvalue weighted by Crippen LogP contribution is 2.12. The molecule has 0 spiro atoms. The van der Waals surface area contributed by atoms with Crippen molar-refractivity contribution in [3.05, 3.63) is 70.8 Å². The molecule has 2 rings (SSSR count). The molecule has 0 fully saturated rings. The van der Waals surface area contributed by atoms with Gasteiger partial charge in [0.25, 0.3) is 0 Å².